The van der Waals surface area contributed by atoms with E-state index in [4.69, 9.17) is 9.84 Å². The van der Waals surface area contributed by atoms with Crippen molar-refractivity contribution in [3.63, 3.8) is 0 Å². The van der Waals surface area contributed by atoms with Crippen LogP contribution >= 0.6 is 0 Å². The lowest BCUT2D eigenvalue weighted by Gasteiger charge is -2.36. The molecule has 10 heteroatoms. The zero-order valence-electron chi connectivity index (χ0n) is 18.5. The van der Waals surface area contributed by atoms with Crippen LogP contribution in [-0.4, -0.2) is 55.9 Å². The molecule has 0 bridgehead atoms. The maximum atomic E-state index is 14.8. The Morgan fingerprint density at radius 2 is 1.97 bits per heavy atom. The van der Waals surface area contributed by atoms with Gasteiger partial charge in [0.25, 0.3) is 0 Å². The summed E-state index contributed by atoms with van der Waals surface area (Å²) in [5.41, 5.74) is 2.45. The molecule has 0 spiro atoms. The molecule has 0 aromatic heterocycles. The number of nitrogens with one attached hydrogen (secondary N) is 2. The van der Waals surface area contributed by atoms with Crippen LogP contribution < -0.4 is 14.8 Å². The van der Waals surface area contributed by atoms with Crippen molar-refractivity contribution >= 4 is 16.0 Å². The molecule has 1 aliphatic carbocycles. The summed E-state index contributed by atoms with van der Waals surface area (Å²) in [6.07, 6.45) is -1.20. The third-order valence-corrected chi connectivity index (χ3v) is 8.17. The van der Waals surface area contributed by atoms with Crippen molar-refractivity contribution in [1.82, 2.24) is 10.0 Å². The summed E-state index contributed by atoms with van der Waals surface area (Å²) in [6, 6.07) is 13.2. The quantitative estimate of drug-likeness (QED) is 0.469. The normalized spacial score (nSPS) is 23.9. The average molecular weight is 495 g/mol. The summed E-state index contributed by atoms with van der Waals surface area (Å²) in [6.45, 7) is 0.429. The molecule has 184 valence electrons. The Balaban J connectivity index is 1.52. The largest absolute Gasteiger partial charge is 0.492 e. The van der Waals surface area contributed by atoms with Crippen LogP contribution in [0.1, 0.15) is 31.2 Å². The van der Waals surface area contributed by atoms with Gasteiger partial charge in [0, 0.05) is 24.4 Å². The molecule has 1 saturated carbocycles. The van der Waals surface area contributed by atoms with E-state index in [-0.39, 0.29) is 32.3 Å². The molecule has 4 rings (SSSR count). The van der Waals surface area contributed by atoms with Crippen LogP contribution in [-0.2, 0) is 21.2 Å². The summed E-state index contributed by atoms with van der Waals surface area (Å²) >= 11 is 0. The number of piperidine rings is 1. The number of hydrogen-bond acceptors (Lipinski definition) is 5. The highest BCUT2D eigenvalue weighted by Crippen LogP contribution is 2.44. The van der Waals surface area contributed by atoms with Gasteiger partial charge in [0.15, 0.2) is 0 Å². The molecule has 7 nitrogen and oxygen atoms in total. The summed E-state index contributed by atoms with van der Waals surface area (Å²) in [7, 11) is -4.27. The van der Waals surface area contributed by atoms with E-state index in [2.05, 4.69) is 10.0 Å². The van der Waals surface area contributed by atoms with Crippen LogP contribution in [0.5, 0.6) is 5.75 Å². The number of carboxylic acids is 1. The van der Waals surface area contributed by atoms with Gasteiger partial charge in [-0.1, -0.05) is 42.5 Å². The molecule has 0 unspecified atom stereocenters. The second-order valence-corrected chi connectivity index (χ2v) is 10.8. The SMILES string of the molecule is O=C(O)CCOc1ccccc1-c1cccc(C[C@@H]2NCC[C@H](F)[C@@H]2NS(=O)(=O)C2(F)CC2)c1. The Morgan fingerprint density at radius 3 is 2.71 bits per heavy atom. The van der Waals surface area contributed by atoms with Crippen molar-refractivity contribution in [1.29, 1.82) is 0 Å². The van der Waals surface area contributed by atoms with Crippen LogP contribution in [0.2, 0.25) is 0 Å². The summed E-state index contributed by atoms with van der Waals surface area (Å²) in [4.78, 5) is 10.8. The van der Waals surface area contributed by atoms with Gasteiger partial charge in [-0.3, -0.25) is 4.79 Å². The fraction of sp³-hybridized carbons (Fsp3) is 0.458. The minimum atomic E-state index is -4.27. The van der Waals surface area contributed by atoms with E-state index in [0.717, 1.165) is 16.7 Å². The highest BCUT2D eigenvalue weighted by atomic mass is 32.2. The standard InChI is InChI=1S/C24H28F2N2O5S/c25-19-8-12-27-20(23(19)28-34(31,32)24(26)10-11-24)15-16-4-3-5-17(14-16)18-6-1-2-7-21(18)33-13-9-22(29)30/h1-7,14,19-20,23,27-28H,8-13,15H2,(H,29,30)/t19-,20-,23-/m0/s1. The van der Waals surface area contributed by atoms with Crippen molar-refractivity contribution in [2.75, 3.05) is 13.2 Å². The van der Waals surface area contributed by atoms with Gasteiger partial charge in [-0.25, -0.2) is 21.9 Å². The van der Waals surface area contributed by atoms with Gasteiger partial charge in [0.1, 0.15) is 11.9 Å². The number of halogens is 2. The molecule has 3 atom stereocenters. The van der Waals surface area contributed by atoms with Gasteiger partial charge in [0.05, 0.1) is 19.1 Å². The molecule has 1 saturated heterocycles. The molecule has 2 aromatic carbocycles. The zero-order valence-corrected chi connectivity index (χ0v) is 19.4. The first-order valence-corrected chi connectivity index (χ1v) is 12.8. The fourth-order valence-electron chi connectivity index (χ4n) is 4.17. The number of carbonyl (C=O) groups is 1. The minimum absolute atomic E-state index is 0.0355. The lowest BCUT2D eigenvalue weighted by molar-refractivity contribution is -0.137. The summed E-state index contributed by atoms with van der Waals surface area (Å²) in [5.74, 6) is -0.403. The first kappa shape index (κ1) is 24.6. The molecule has 1 aliphatic heterocycles. The van der Waals surface area contributed by atoms with E-state index in [1.54, 1.807) is 12.1 Å². The molecule has 0 radical (unpaired) electrons. The smallest absolute Gasteiger partial charge is 0.306 e. The lowest BCUT2D eigenvalue weighted by atomic mass is 9.91. The van der Waals surface area contributed by atoms with Crippen molar-refractivity contribution in [3.05, 3.63) is 54.1 Å². The van der Waals surface area contributed by atoms with E-state index < -0.39 is 39.2 Å². The molecule has 2 aromatic rings. The van der Waals surface area contributed by atoms with Crippen LogP contribution in [0.15, 0.2) is 48.5 Å². The topological polar surface area (TPSA) is 105 Å². The van der Waals surface area contributed by atoms with Gasteiger partial charge < -0.3 is 15.2 Å². The van der Waals surface area contributed by atoms with Crippen molar-refractivity contribution in [2.24, 2.45) is 0 Å². The van der Waals surface area contributed by atoms with Crippen LogP contribution in [0.3, 0.4) is 0 Å². The molecule has 0 amide bonds. The molecule has 3 N–H and O–H groups in total. The number of ether oxygens (including phenoxy) is 1. The first-order chi connectivity index (χ1) is 16.2. The Labute approximate surface area is 197 Å². The number of sulfonamides is 1. The number of carboxylic acid groups (broad SMARTS) is 1. The maximum Gasteiger partial charge on any atom is 0.306 e. The predicted molar refractivity (Wildman–Crippen MR) is 124 cm³/mol. The van der Waals surface area contributed by atoms with E-state index in [0.29, 0.717) is 18.7 Å². The van der Waals surface area contributed by atoms with Crippen LogP contribution in [0, 0.1) is 0 Å². The Bertz CT molecular complexity index is 1140. The molecular formula is C24H28F2N2O5S. The number of para-hydroxylation sites is 1. The Hall–Kier alpha value is -2.56. The lowest BCUT2D eigenvalue weighted by Crippen LogP contribution is -2.60. The fourth-order valence-corrected chi connectivity index (χ4v) is 5.69. The van der Waals surface area contributed by atoms with Crippen molar-refractivity contribution < 1.29 is 31.8 Å². The molecule has 2 fully saturated rings. The van der Waals surface area contributed by atoms with Gasteiger partial charge in [-0.15, -0.1) is 0 Å². The zero-order chi connectivity index (χ0) is 24.3. The first-order valence-electron chi connectivity index (χ1n) is 11.3. The van der Waals surface area contributed by atoms with E-state index >= 15 is 0 Å². The summed E-state index contributed by atoms with van der Waals surface area (Å²) in [5, 5.41) is 9.74. The number of aliphatic carboxylic acids is 1. The second kappa shape index (κ2) is 9.97. The van der Waals surface area contributed by atoms with Gasteiger partial charge >= 0.3 is 5.97 Å². The van der Waals surface area contributed by atoms with E-state index in [1.807, 2.05) is 36.4 Å². The molecular weight excluding hydrogens is 466 g/mol. The monoisotopic (exact) mass is 494 g/mol. The van der Waals surface area contributed by atoms with Gasteiger partial charge in [0.2, 0.25) is 15.0 Å². The van der Waals surface area contributed by atoms with E-state index in [1.165, 1.54) is 0 Å². The second-order valence-electron chi connectivity index (χ2n) is 8.79. The average Bonchev–Trinajstić information content (AvgIpc) is 3.56. The number of alkyl halides is 2. The van der Waals surface area contributed by atoms with E-state index in [9.17, 15) is 22.0 Å². The van der Waals surface area contributed by atoms with Gasteiger partial charge in [-0.05, 0) is 36.6 Å². The third-order valence-electron chi connectivity index (χ3n) is 6.22. The van der Waals surface area contributed by atoms with Crippen LogP contribution in [0.4, 0.5) is 8.78 Å². The number of benzene rings is 2. The van der Waals surface area contributed by atoms with Gasteiger partial charge in [-0.2, -0.15) is 0 Å². The summed E-state index contributed by atoms with van der Waals surface area (Å²) < 4.78 is 61.8. The molecule has 2 aliphatic rings. The molecule has 1 heterocycles. The Kier molecular flexibility index (Phi) is 7.20. The number of hydrogen-bond donors (Lipinski definition) is 3. The maximum absolute atomic E-state index is 14.8. The molecule has 34 heavy (non-hydrogen) atoms. The predicted octanol–water partition coefficient (Wildman–Crippen LogP) is 3.20. The van der Waals surface area contributed by atoms with Crippen LogP contribution in [0.25, 0.3) is 11.1 Å². The van der Waals surface area contributed by atoms with Crippen molar-refractivity contribution in [2.45, 2.75) is 55.4 Å². The number of rotatable bonds is 10. The highest BCUT2D eigenvalue weighted by molar-refractivity contribution is 7.91. The highest BCUT2D eigenvalue weighted by Gasteiger charge is 2.57. The minimum Gasteiger partial charge on any atom is -0.492 e. The third kappa shape index (κ3) is 5.56. The van der Waals surface area contributed by atoms with Crippen molar-refractivity contribution in [3.8, 4) is 16.9 Å². The Morgan fingerprint density at radius 1 is 1.21 bits per heavy atom.